The zero-order chi connectivity index (χ0) is 20.8. The maximum Gasteiger partial charge on any atom is 0.303 e. The number of hydrogen-bond donors (Lipinski definition) is 2. The monoisotopic (exact) mass is 401 g/mol. The third-order valence-electron chi connectivity index (χ3n) is 4.89. The first-order chi connectivity index (χ1) is 14.7. The lowest BCUT2D eigenvalue weighted by molar-refractivity contribution is -0.136. The van der Waals surface area contributed by atoms with Crippen molar-refractivity contribution in [1.29, 1.82) is 0 Å². The van der Waals surface area contributed by atoms with Crippen LogP contribution in [0.25, 0.3) is 22.0 Å². The first-order valence-corrected chi connectivity index (χ1v) is 9.92. The summed E-state index contributed by atoms with van der Waals surface area (Å²) in [5.74, 6) is 0.757. The molecule has 4 aromatic rings. The minimum absolute atomic E-state index is 0.0986. The van der Waals surface area contributed by atoms with Crippen molar-refractivity contribution >= 4 is 16.9 Å². The molecule has 1 heterocycles. The highest BCUT2D eigenvalue weighted by Crippen LogP contribution is 2.33. The van der Waals surface area contributed by atoms with E-state index in [9.17, 15) is 4.79 Å². The Balaban J connectivity index is 1.54. The van der Waals surface area contributed by atoms with Crippen LogP contribution in [0.3, 0.4) is 0 Å². The van der Waals surface area contributed by atoms with Gasteiger partial charge in [-0.2, -0.15) is 0 Å². The molecule has 4 rings (SSSR count). The number of aryl methyl sites for hydroxylation is 1. The molecule has 0 amide bonds. The summed E-state index contributed by atoms with van der Waals surface area (Å²) in [5, 5.41) is 10.1. The van der Waals surface area contributed by atoms with Crippen LogP contribution < -0.4 is 9.47 Å². The van der Waals surface area contributed by atoms with Crippen LogP contribution in [0.1, 0.15) is 12.0 Å². The number of hydrogen-bond acceptors (Lipinski definition) is 3. The predicted molar refractivity (Wildman–Crippen MR) is 117 cm³/mol. The summed E-state index contributed by atoms with van der Waals surface area (Å²) in [5.41, 5.74) is 4.01. The standard InChI is InChI=1S/C25H23NO4/c27-25(28)11-7-18-6-10-24(30-15-14-29-21-4-2-1-3-5-21)22(16-18)19-8-9-23-20(17-19)12-13-26-23/h1-6,8-10,12-13,16-17,26H,7,11,14-15H2,(H,27,28). The lowest BCUT2D eigenvalue weighted by atomic mass is 9.99. The summed E-state index contributed by atoms with van der Waals surface area (Å²) in [6.07, 6.45) is 2.49. The summed E-state index contributed by atoms with van der Waals surface area (Å²) in [6.45, 7) is 0.837. The van der Waals surface area contributed by atoms with Gasteiger partial charge in [-0.3, -0.25) is 4.79 Å². The van der Waals surface area contributed by atoms with Gasteiger partial charge in [0.05, 0.1) is 0 Å². The Hall–Kier alpha value is -3.73. The van der Waals surface area contributed by atoms with Crippen molar-refractivity contribution in [3.8, 4) is 22.6 Å². The molecule has 5 nitrogen and oxygen atoms in total. The van der Waals surface area contributed by atoms with Crippen LogP contribution in [-0.4, -0.2) is 29.3 Å². The zero-order valence-electron chi connectivity index (χ0n) is 16.5. The first-order valence-electron chi connectivity index (χ1n) is 9.92. The Kier molecular flexibility index (Phi) is 5.99. The van der Waals surface area contributed by atoms with Gasteiger partial charge in [0.15, 0.2) is 0 Å². The fourth-order valence-electron chi connectivity index (χ4n) is 3.38. The van der Waals surface area contributed by atoms with Gasteiger partial charge in [-0.05, 0) is 65.4 Å². The molecule has 0 fully saturated rings. The van der Waals surface area contributed by atoms with Crippen LogP contribution in [0.4, 0.5) is 0 Å². The molecule has 0 bridgehead atoms. The molecule has 2 N–H and O–H groups in total. The van der Waals surface area contributed by atoms with E-state index in [-0.39, 0.29) is 6.42 Å². The van der Waals surface area contributed by atoms with Gasteiger partial charge in [0.25, 0.3) is 0 Å². The maximum absolute atomic E-state index is 11.0. The molecule has 1 aromatic heterocycles. The largest absolute Gasteiger partial charge is 0.490 e. The third-order valence-corrected chi connectivity index (χ3v) is 4.89. The van der Waals surface area contributed by atoms with Gasteiger partial charge in [0, 0.05) is 23.7 Å². The Morgan fingerprint density at radius 1 is 0.900 bits per heavy atom. The van der Waals surface area contributed by atoms with Gasteiger partial charge in [0.1, 0.15) is 24.7 Å². The van der Waals surface area contributed by atoms with Gasteiger partial charge in [-0.1, -0.05) is 30.3 Å². The van der Waals surface area contributed by atoms with Gasteiger partial charge in [-0.25, -0.2) is 0 Å². The van der Waals surface area contributed by atoms with Crippen LogP contribution in [0.15, 0.2) is 79.0 Å². The van der Waals surface area contributed by atoms with Crippen molar-refractivity contribution in [3.05, 3.63) is 84.6 Å². The van der Waals surface area contributed by atoms with E-state index in [2.05, 4.69) is 11.1 Å². The van der Waals surface area contributed by atoms with Crippen molar-refractivity contribution in [1.82, 2.24) is 4.98 Å². The number of carboxylic acid groups (broad SMARTS) is 1. The summed E-state index contributed by atoms with van der Waals surface area (Å²) in [4.78, 5) is 14.2. The number of carboxylic acids is 1. The van der Waals surface area contributed by atoms with Crippen LogP contribution in [0.2, 0.25) is 0 Å². The normalized spacial score (nSPS) is 10.8. The number of aromatic nitrogens is 1. The number of aliphatic carboxylic acids is 1. The molecule has 0 atom stereocenters. The molecule has 0 aliphatic carbocycles. The van der Waals surface area contributed by atoms with E-state index in [1.807, 2.05) is 72.9 Å². The fourth-order valence-corrected chi connectivity index (χ4v) is 3.38. The Morgan fingerprint density at radius 3 is 2.57 bits per heavy atom. The summed E-state index contributed by atoms with van der Waals surface area (Å²) in [6, 6.07) is 23.7. The average molecular weight is 401 g/mol. The van der Waals surface area contributed by atoms with E-state index in [1.54, 1.807) is 0 Å². The van der Waals surface area contributed by atoms with Crippen LogP contribution in [0, 0.1) is 0 Å². The molecule has 0 saturated heterocycles. The van der Waals surface area contributed by atoms with E-state index in [4.69, 9.17) is 14.6 Å². The second-order valence-electron chi connectivity index (χ2n) is 7.01. The number of ether oxygens (including phenoxy) is 2. The van der Waals surface area contributed by atoms with Crippen LogP contribution in [-0.2, 0) is 11.2 Å². The topological polar surface area (TPSA) is 71.6 Å². The lowest BCUT2D eigenvalue weighted by Gasteiger charge is -2.14. The molecule has 152 valence electrons. The van der Waals surface area contributed by atoms with Crippen molar-refractivity contribution < 1.29 is 19.4 Å². The SMILES string of the molecule is O=C(O)CCc1ccc(OCCOc2ccccc2)c(-c2ccc3[nH]ccc3c2)c1. The van der Waals surface area contributed by atoms with Crippen LogP contribution >= 0.6 is 0 Å². The number of para-hydroxylation sites is 1. The van der Waals surface area contributed by atoms with E-state index in [1.165, 1.54) is 0 Å². The quantitative estimate of drug-likeness (QED) is 0.373. The third kappa shape index (κ3) is 4.81. The van der Waals surface area contributed by atoms with Crippen molar-refractivity contribution in [3.63, 3.8) is 0 Å². The zero-order valence-corrected chi connectivity index (χ0v) is 16.5. The van der Waals surface area contributed by atoms with Gasteiger partial charge < -0.3 is 19.6 Å². The molecular formula is C25H23NO4. The fraction of sp³-hybridized carbons (Fsp3) is 0.160. The van der Waals surface area contributed by atoms with Gasteiger partial charge >= 0.3 is 5.97 Å². The molecule has 3 aromatic carbocycles. The molecule has 0 unspecified atom stereocenters. The number of carbonyl (C=O) groups is 1. The second kappa shape index (κ2) is 9.18. The second-order valence-corrected chi connectivity index (χ2v) is 7.01. The number of fused-ring (bicyclic) bond motifs is 1. The summed E-state index contributed by atoms with van der Waals surface area (Å²) >= 11 is 0. The van der Waals surface area contributed by atoms with E-state index in [0.29, 0.717) is 19.6 Å². The van der Waals surface area contributed by atoms with Gasteiger partial charge in [-0.15, -0.1) is 0 Å². The van der Waals surface area contributed by atoms with E-state index >= 15 is 0 Å². The van der Waals surface area contributed by atoms with Crippen molar-refractivity contribution in [2.75, 3.05) is 13.2 Å². The summed E-state index contributed by atoms with van der Waals surface area (Å²) < 4.78 is 11.8. The molecule has 0 radical (unpaired) electrons. The van der Waals surface area contributed by atoms with Gasteiger partial charge in [0.2, 0.25) is 0 Å². The van der Waals surface area contributed by atoms with E-state index < -0.39 is 5.97 Å². The number of H-pyrrole nitrogens is 1. The Bertz CT molecular complexity index is 1130. The molecule has 0 spiro atoms. The number of benzene rings is 3. The Morgan fingerprint density at radius 2 is 1.73 bits per heavy atom. The minimum Gasteiger partial charge on any atom is -0.490 e. The van der Waals surface area contributed by atoms with E-state index in [0.717, 1.165) is 39.1 Å². The molecule has 30 heavy (non-hydrogen) atoms. The molecule has 0 aliphatic rings. The molecule has 0 saturated carbocycles. The van der Waals surface area contributed by atoms with Crippen LogP contribution in [0.5, 0.6) is 11.5 Å². The predicted octanol–water partition coefficient (Wildman–Crippen LogP) is 5.31. The first kappa shape index (κ1) is 19.6. The van der Waals surface area contributed by atoms with Crippen molar-refractivity contribution in [2.24, 2.45) is 0 Å². The summed E-state index contributed by atoms with van der Waals surface area (Å²) in [7, 11) is 0. The lowest BCUT2D eigenvalue weighted by Crippen LogP contribution is -2.09. The number of nitrogens with one attached hydrogen (secondary N) is 1. The molecule has 0 aliphatic heterocycles. The highest BCUT2D eigenvalue weighted by molar-refractivity contribution is 5.86. The molecular weight excluding hydrogens is 378 g/mol. The average Bonchev–Trinajstić information content (AvgIpc) is 3.24. The number of aromatic amines is 1. The smallest absolute Gasteiger partial charge is 0.303 e. The highest BCUT2D eigenvalue weighted by atomic mass is 16.5. The minimum atomic E-state index is -0.802. The maximum atomic E-state index is 11.0. The van der Waals surface area contributed by atoms with Crippen molar-refractivity contribution in [2.45, 2.75) is 12.8 Å². The highest BCUT2D eigenvalue weighted by Gasteiger charge is 2.10. The number of rotatable bonds is 9. The molecule has 5 heteroatoms. The Labute approximate surface area is 174 Å².